The average molecular weight is 390 g/mol. The molecule has 0 radical (unpaired) electrons. The molecular weight excluding hydrogens is 364 g/mol. The Kier molecular flexibility index (Phi) is 5.57. The summed E-state index contributed by atoms with van der Waals surface area (Å²) in [7, 11) is 1.85. The number of amides is 1. The second kappa shape index (κ2) is 8.45. The molecule has 3 heterocycles. The summed E-state index contributed by atoms with van der Waals surface area (Å²) in [6, 6.07) is 10.3. The fourth-order valence-electron chi connectivity index (χ4n) is 3.62. The lowest BCUT2D eigenvalue weighted by atomic mass is 10.0. The van der Waals surface area contributed by atoms with Crippen LogP contribution < -0.4 is 5.32 Å². The van der Waals surface area contributed by atoms with E-state index >= 15 is 0 Å². The lowest BCUT2D eigenvalue weighted by Crippen LogP contribution is -2.36. The molecule has 2 aromatic heterocycles. The molecule has 150 valence electrons. The van der Waals surface area contributed by atoms with Gasteiger partial charge in [-0.2, -0.15) is 10.2 Å². The SMILES string of the molecule is Cc1nn(C)cc1NC(=O)CN1CC=C(c2cnn(Cc3ccccc3)c2)CC1. The van der Waals surface area contributed by atoms with Crippen LogP contribution in [0.4, 0.5) is 5.69 Å². The molecule has 1 amide bonds. The molecule has 0 atom stereocenters. The Morgan fingerprint density at radius 1 is 1.21 bits per heavy atom. The monoisotopic (exact) mass is 390 g/mol. The Labute approximate surface area is 170 Å². The van der Waals surface area contributed by atoms with Gasteiger partial charge in [-0.3, -0.25) is 19.1 Å². The summed E-state index contributed by atoms with van der Waals surface area (Å²) >= 11 is 0. The minimum atomic E-state index is -0.00590. The highest BCUT2D eigenvalue weighted by Gasteiger charge is 2.17. The van der Waals surface area contributed by atoms with E-state index in [0.29, 0.717) is 6.54 Å². The predicted molar refractivity (Wildman–Crippen MR) is 113 cm³/mol. The molecule has 0 saturated carbocycles. The maximum Gasteiger partial charge on any atom is 0.238 e. The number of rotatable bonds is 6. The molecule has 0 aliphatic carbocycles. The van der Waals surface area contributed by atoms with Crippen molar-refractivity contribution in [2.75, 3.05) is 25.0 Å². The molecule has 4 rings (SSSR count). The topological polar surface area (TPSA) is 68.0 Å². The maximum absolute atomic E-state index is 12.3. The Morgan fingerprint density at radius 2 is 2.03 bits per heavy atom. The van der Waals surface area contributed by atoms with Crippen molar-refractivity contribution in [1.29, 1.82) is 0 Å². The minimum absolute atomic E-state index is 0.00590. The third kappa shape index (κ3) is 4.81. The summed E-state index contributed by atoms with van der Waals surface area (Å²) in [5.41, 5.74) is 5.30. The molecule has 7 nitrogen and oxygen atoms in total. The van der Waals surface area contributed by atoms with E-state index in [0.717, 1.165) is 43.0 Å². The molecule has 0 bridgehead atoms. The van der Waals surface area contributed by atoms with Crippen LogP contribution in [0.15, 0.2) is 55.0 Å². The predicted octanol–water partition coefficient (Wildman–Crippen LogP) is 2.70. The van der Waals surface area contributed by atoms with Crippen LogP contribution in [0, 0.1) is 6.92 Å². The number of nitrogens with one attached hydrogen (secondary N) is 1. The van der Waals surface area contributed by atoms with Gasteiger partial charge in [-0.25, -0.2) is 0 Å². The van der Waals surface area contributed by atoms with Crippen LogP contribution in [0.2, 0.25) is 0 Å². The number of hydrogen-bond donors (Lipinski definition) is 1. The zero-order valence-corrected chi connectivity index (χ0v) is 16.9. The summed E-state index contributed by atoms with van der Waals surface area (Å²) < 4.78 is 3.68. The molecule has 1 aliphatic rings. The van der Waals surface area contributed by atoms with E-state index in [4.69, 9.17) is 0 Å². The van der Waals surface area contributed by atoms with Gasteiger partial charge in [0.05, 0.1) is 30.7 Å². The van der Waals surface area contributed by atoms with Crippen LogP contribution in [-0.2, 0) is 18.4 Å². The summed E-state index contributed by atoms with van der Waals surface area (Å²) in [6.07, 6.45) is 8.98. The number of carbonyl (C=O) groups is 1. The number of benzene rings is 1. The molecule has 7 heteroatoms. The van der Waals surface area contributed by atoms with Crippen LogP contribution in [0.1, 0.15) is 23.2 Å². The molecule has 29 heavy (non-hydrogen) atoms. The Hall–Kier alpha value is -3.19. The highest BCUT2D eigenvalue weighted by molar-refractivity contribution is 5.92. The number of nitrogens with zero attached hydrogens (tertiary/aromatic N) is 5. The Balaban J connectivity index is 1.31. The van der Waals surface area contributed by atoms with Crippen molar-refractivity contribution >= 4 is 17.2 Å². The van der Waals surface area contributed by atoms with Crippen LogP contribution in [0.5, 0.6) is 0 Å². The molecule has 1 N–H and O–H groups in total. The highest BCUT2D eigenvalue weighted by Crippen LogP contribution is 2.22. The van der Waals surface area contributed by atoms with E-state index in [2.05, 4.69) is 44.8 Å². The second-order valence-corrected chi connectivity index (χ2v) is 7.48. The van der Waals surface area contributed by atoms with Gasteiger partial charge in [0.15, 0.2) is 0 Å². The van der Waals surface area contributed by atoms with E-state index in [1.807, 2.05) is 49.2 Å². The number of carbonyl (C=O) groups excluding carboxylic acids is 1. The number of hydrogen-bond acceptors (Lipinski definition) is 4. The van der Waals surface area contributed by atoms with E-state index < -0.39 is 0 Å². The number of aryl methyl sites for hydroxylation is 2. The van der Waals surface area contributed by atoms with Crippen LogP contribution >= 0.6 is 0 Å². The van der Waals surface area contributed by atoms with E-state index in [-0.39, 0.29) is 5.91 Å². The standard InChI is InChI=1S/C22H26N6O/c1-17-21(15-26(2)25-17)24-22(29)16-27-10-8-19(9-11-27)20-12-23-28(14-20)13-18-6-4-3-5-7-18/h3-8,12,14-15H,9-11,13,16H2,1-2H3,(H,24,29). The fraction of sp³-hybridized carbons (Fsp3) is 0.318. The quantitative estimate of drug-likeness (QED) is 0.703. The van der Waals surface area contributed by atoms with Gasteiger partial charge in [0.2, 0.25) is 5.91 Å². The van der Waals surface area contributed by atoms with E-state index in [9.17, 15) is 4.79 Å². The van der Waals surface area contributed by atoms with Gasteiger partial charge in [0, 0.05) is 38.1 Å². The molecular formula is C22H26N6O. The van der Waals surface area contributed by atoms with Crippen molar-refractivity contribution in [1.82, 2.24) is 24.5 Å². The Bertz CT molecular complexity index is 1020. The van der Waals surface area contributed by atoms with Gasteiger partial charge in [0.1, 0.15) is 0 Å². The molecule has 0 spiro atoms. The molecule has 0 unspecified atom stereocenters. The summed E-state index contributed by atoms with van der Waals surface area (Å²) in [6.45, 7) is 4.66. The third-order valence-electron chi connectivity index (χ3n) is 5.14. The normalized spacial score (nSPS) is 14.6. The summed E-state index contributed by atoms with van der Waals surface area (Å²) in [5.74, 6) is -0.00590. The van der Waals surface area contributed by atoms with Crippen molar-refractivity contribution in [2.45, 2.75) is 19.9 Å². The van der Waals surface area contributed by atoms with Gasteiger partial charge in [-0.15, -0.1) is 0 Å². The summed E-state index contributed by atoms with van der Waals surface area (Å²) in [5, 5.41) is 11.7. The number of anilines is 1. The molecule has 1 aromatic carbocycles. The average Bonchev–Trinajstić information content (AvgIpc) is 3.29. The minimum Gasteiger partial charge on any atom is -0.322 e. The largest absolute Gasteiger partial charge is 0.322 e. The molecule has 3 aromatic rings. The van der Waals surface area contributed by atoms with Gasteiger partial charge < -0.3 is 5.32 Å². The van der Waals surface area contributed by atoms with Gasteiger partial charge in [0.25, 0.3) is 0 Å². The van der Waals surface area contributed by atoms with Gasteiger partial charge >= 0.3 is 0 Å². The maximum atomic E-state index is 12.3. The van der Waals surface area contributed by atoms with Gasteiger partial charge in [-0.1, -0.05) is 36.4 Å². The Morgan fingerprint density at radius 3 is 2.72 bits per heavy atom. The first-order chi connectivity index (χ1) is 14.1. The second-order valence-electron chi connectivity index (χ2n) is 7.48. The van der Waals surface area contributed by atoms with Crippen LogP contribution in [-0.4, -0.2) is 50.0 Å². The van der Waals surface area contributed by atoms with Crippen molar-refractivity contribution in [3.8, 4) is 0 Å². The van der Waals surface area contributed by atoms with Crippen molar-refractivity contribution in [2.24, 2.45) is 7.05 Å². The van der Waals surface area contributed by atoms with Gasteiger partial charge in [-0.05, 0) is 24.5 Å². The first kappa shape index (κ1) is 19.1. The zero-order valence-electron chi connectivity index (χ0n) is 16.9. The zero-order chi connectivity index (χ0) is 20.2. The number of aromatic nitrogens is 4. The molecule has 0 fully saturated rings. The lowest BCUT2D eigenvalue weighted by molar-refractivity contribution is -0.117. The lowest BCUT2D eigenvalue weighted by Gasteiger charge is -2.25. The summed E-state index contributed by atoms with van der Waals surface area (Å²) in [4.78, 5) is 14.5. The fourth-order valence-corrected chi connectivity index (χ4v) is 3.62. The molecule has 0 saturated heterocycles. The van der Waals surface area contributed by atoms with Crippen LogP contribution in [0.3, 0.4) is 0 Å². The van der Waals surface area contributed by atoms with E-state index in [1.54, 1.807) is 4.68 Å². The van der Waals surface area contributed by atoms with Crippen LogP contribution in [0.25, 0.3) is 5.57 Å². The van der Waals surface area contributed by atoms with Crippen molar-refractivity contribution < 1.29 is 4.79 Å². The van der Waals surface area contributed by atoms with Crippen molar-refractivity contribution in [3.63, 3.8) is 0 Å². The first-order valence-electron chi connectivity index (χ1n) is 9.85. The third-order valence-corrected chi connectivity index (χ3v) is 5.14. The highest BCUT2D eigenvalue weighted by atomic mass is 16.2. The first-order valence-corrected chi connectivity index (χ1v) is 9.85. The van der Waals surface area contributed by atoms with E-state index in [1.165, 1.54) is 11.1 Å². The smallest absolute Gasteiger partial charge is 0.238 e. The molecule has 1 aliphatic heterocycles. The van der Waals surface area contributed by atoms with Crippen molar-refractivity contribution in [3.05, 3.63) is 71.8 Å².